The van der Waals surface area contributed by atoms with E-state index in [1.807, 2.05) is 12.1 Å². The second-order valence-corrected chi connectivity index (χ2v) is 8.48. The van der Waals surface area contributed by atoms with E-state index in [1.54, 1.807) is 17.7 Å². The van der Waals surface area contributed by atoms with Crippen LogP contribution in [0.15, 0.2) is 54.2 Å². The first-order valence-corrected chi connectivity index (χ1v) is 10.5. The Labute approximate surface area is 166 Å². The van der Waals surface area contributed by atoms with E-state index in [2.05, 4.69) is 45.7 Å². The van der Waals surface area contributed by atoms with E-state index in [0.29, 0.717) is 6.42 Å². The first kappa shape index (κ1) is 17.3. The fourth-order valence-electron chi connectivity index (χ4n) is 4.48. The van der Waals surface area contributed by atoms with Gasteiger partial charge in [-0.1, -0.05) is 24.6 Å². The van der Waals surface area contributed by atoms with Gasteiger partial charge in [0.2, 0.25) is 0 Å². The third-order valence-electron chi connectivity index (χ3n) is 5.87. The lowest BCUT2D eigenvalue weighted by Gasteiger charge is -2.27. The van der Waals surface area contributed by atoms with Gasteiger partial charge in [0.15, 0.2) is 0 Å². The number of carboxylic acids is 1. The molecule has 140 valence electrons. The highest BCUT2D eigenvalue weighted by Crippen LogP contribution is 2.41. The Hall–Kier alpha value is -2.79. The molecule has 0 bridgehead atoms. The summed E-state index contributed by atoms with van der Waals surface area (Å²) in [5.74, 6) is -0.810. The molecule has 2 aromatic carbocycles. The molecule has 5 heteroatoms. The van der Waals surface area contributed by atoms with Gasteiger partial charge in [-0.25, -0.2) is 9.97 Å². The molecule has 2 unspecified atom stereocenters. The Bertz CT molecular complexity index is 1180. The van der Waals surface area contributed by atoms with E-state index in [9.17, 15) is 9.90 Å². The third kappa shape index (κ3) is 2.96. The third-order valence-corrected chi connectivity index (χ3v) is 6.76. The predicted octanol–water partition coefficient (Wildman–Crippen LogP) is 5.87. The van der Waals surface area contributed by atoms with Gasteiger partial charge in [0.1, 0.15) is 6.33 Å². The number of aliphatic carboxylic acids is 1. The number of nitrogens with zero attached hydrogens (tertiary/aromatic N) is 2. The number of fused-ring (bicyclic) bond motifs is 2. The molecule has 1 aliphatic carbocycles. The first-order valence-electron chi connectivity index (χ1n) is 9.65. The van der Waals surface area contributed by atoms with Crippen molar-refractivity contribution in [3.05, 3.63) is 59.9 Å². The number of hydrogen-bond donors (Lipinski definition) is 1. The fraction of sp³-hybridized carbons (Fsp3) is 0.261. The fourth-order valence-corrected chi connectivity index (χ4v) is 5.25. The number of hydrogen-bond acceptors (Lipinski definition) is 4. The molecule has 1 saturated carbocycles. The highest BCUT2D eigenvalue weighted by atomic mass is 32.1. The molecule has 4 aromatic rings. The average molecular weight is 388 g/mol. The van der Waals surface area contributed by atoms with Gasteiger partial charge in [0.25, 0.3) is 0 Å². The van der Waals surface area contributed by atoms with E-state index < -0.39 is 5.97 Å². The molecule has 4 nitrogen and oxygen atoms in total. The van der Waals surface area contributed by atoms with E-state index in [0.717, 1.165) is 47.0 Å². The van der Waals surface area contributed by atoms with Crippen molar-refractivity contribution in [3.63, 3.8) is 0 Å². The van der Waals surface area contributed by atoms with Gasteiger partial charge in [-0.2, -0.15) is 0 Å². The van der Waals surface area contributed by atoms with Crippen LogP contribution in [0.1, 0.15) is 37.3 Å². The van der Waals surface area contributed by atoms with Gasteiger partial charge in [-0.15, -0.1) is 11.3 Å². The van der Waals surface area contributed by atoms with Crippen molar-refractivity contribution in [1.82, 2.24) is 9.97 Å². The van der Waals surface area contributed by atoms with Crippen LogP contribution in [0.4, 0.5) is 0 Å². The zero-order chi connectivity index (χ0) is 19.1. The van der Waals surface area contributed by atoms with Gasteiger partial charge >= 0.3 is 5.97 Å². The molecule has 28 heavy (non-hydrogen) atoms. The van der Waals surface area contributed by atoms with E-state index >= 15 is 0 Å². The van der Waals surface area contributed by atoms with Crippen molar-refractivity contribution in [2.45, 2.75) is 31.6 Å². The molecule has 2 aromatic heterocycles. The normalized spacial score (nSPS) is 19.9. The van der Waals surface area contributed by atoms with Crippen LogP contribution in [0.5, 0.6) is 0 Å². The minimum absolute atomic E-state index is 0.159. The summed E-state index contributed by atoms with van der Waals surface area (Å²) in [4.78, 5) is 20.7. The van der Waals surface area contributed by atoms with Gasteiger partial charge in [-0.05, 0) is 65.4 Å². The van der Waals surface area contributed by atoms with Crippen LogP contribution in [0.2, 0.25) is 0 Å². The maximum Gasteiger partial charge on any atom is 0.306 e. The molecule has 5 rings (SSSR count). The Morgan fingerprint density at radius 1 is 1.11 bits per heavy atom. The SMILES string of the molecule is O=C(O)C1CCCC(c2ncnc3cccc(-c4ccc5sccc5c4)c23)C1. The van der Waals surface area contributed by atoms with Crippen molar-refractivity contribution < 1.29 is 9.90 Å². The molecule has 2 atom stereocenters. The lowest BCUT2D eigenvalue weighted by molar-refractivity contribution is -0.143. The second-order valence-electron chi connectivity index (χ2n) is 7.53. The molecule has 0 spiro atoms. The van der Waals surface area contributed by atoms with Crippen molar-refractivity contribution in [3.8, 4) is 11.1 Å². The number of benzene rings is 2. The molecule has 0 saturated heterocycles. The zero-order valence-electron chi connectivity index (χ0n) is 15.3. The van der Waals surface area contributed by atoms with E-state index in [-0.39, 0.29) is 11.8 Å². The molecule has 1 fully saturated rings. The molecule has 1 N–H and O–H groups in total. The van der Waals surface area contributed by atoms with Crippen LogP contribution < -0.4 is 0 Å². The number of aromatic nitrogens is 2. The first-order chi connectivity index (χ1) is 13.7. The molecular formula is C23H20N2O2S. The Kier molecular flexibility index (Phi) is 4.32. The predicted molar refractivity (Wildman–Crippen MR) is 113 cm³/mol. The van der Waals surface area contributed by atoms with Crippen molar-refractivity contribution in [1.29, 1.82) is 0 Å². The zero-order valence-corrected chi connectivity index (χ0v) is 16.2. The van der Waals surface area contributed by atoms with Gasteiger partial charge in [0.05, 0.1) is 17.1 Å². The minimum atomic E-state index is -0.689. The highest BCUT2D eigenvalue weighted by Gasteiger charge is 2.30. The average Bonchev–Trinajstić information content (AvgIpc) is 3.21. The van der Waals surface area contributed by atoms with Crippen LogP contribution >= 0.6 is 11.3 Å². The summed E-state index contributed by atoms with van der Waals surface area (Å²) < 4.78 is 1.28. The number of carboxylic acid groups (broad SMARTS) is 1. The maximum atomic E-state index is 11.6. The monoisotopic (exact) mass is 388 g/mol. The van der Waals surface area contributed by atoms with Crippen LogP contribution in [0.3, 0.4) is 0 Å². The lowest BCUT2D eigenvalue weighted by Crippen LogP contribution is -2.22. The number of carbonyl (C=O) groups is 1. The second kappa shape index (κ2) is 6.99. The van der Waals surface area contributed by atoms with Gasteiger partial charge in [-0.3, -0.25) is 4.79 Å². The summed E-state index contributed by atoms with van der Waals surface area (Å²) in [5, 5.41) is 13.9. The topological polar surface area (TPSA) is 63.1 Å². The highest BCUT2D eigenvalue weighted by molar-refractivity contribution is 7.17. The lowest BCUT2D eigenvalue weighted by atomic mass is 9.78. The summed E-state index contributed by atoms with van der Waals surface area (Å²) in [6, 6.07) is 14.9. The number of rotatable bonds is 3. The van der Waals surface area contributed by atoms with Gasteiger partial charge < -0.3 is 5.11 Å². The molecule has 1 aliphatic rings. The minimum Gasteiger partial charge on any atom is -0.481 e. The van der Waals surface area contributed by atoms with Crippen LogP contribution in [0, 0.1) is 5.92 Å². The smallest absolute Gasteiger partial charge is 0.306 e. The summed E-state index contributed by atoms with van der Waals surface area (Å²) in [6.45, 7) is 0. The Morgan fingerprint density at radius 2 is 2.04 bits per heavy atom. The van der Waals surface area contributed by atoms with Crippen molar-refractivity contribution in [2.75, 3.05) is 0 Å². The quantitative estimate of drug-likeness (QED) is 0.477. The summed E-state index contributed by atoms with van der Waals surface area (Å²) in [6.07, 6.45) is 4.94. The molecule has 0 aliphatic heterocycles. The van der Waals surface area contributed by atoms with Crippen LogP contribution in [-0.2, 0) is 4.79 Å². The maximum absolute atomic E-state index is 11.6. The summed E-state index contributed by atoms with van der Waals surface area (Å²) in [5.41, 5.74) is 4.19. The summed E-state index contributed by atoms with van der Waals surface area (Å²) >= 11 is 1.74. The molecular weight excluding hydrogens is 368 g/mol. The Morgan fingerprint density at radius 3 is 2.93 bits per heavy atom. The van der Waals surface area contributed by atoms with Crippen LogP contribution in [-0.4, -0.2) is 21.0 Å². The van der Waals surface area contributed by atoms with E-state index in [4.69, 9.17) is 0 Å². The summed E-state index contributed by atoms with van der Waals surface area (Å²) in [7, 11) is 0. The molecule has 0 radical (unpaired) electrons. The van der Waals surface area contributed by atoms with Gasteiger partial charge in [0, 0.05) is 16.0 Å². The van der Waals surface area contributed by atoms with Crippen molar-refractivity contribution >= 4 is 38.3 Å². The van der Waals surface area contributed by atoms with E-state index in [1.165, 1.54) is 10.1 Å². The Balaban J connectivity index is 1.67. The van der Waals surface area contributed by atoms with Crippen LogP contribution in [0.25, 0.3) is 32.1 Å². The largest absolute Gasteiger partial charge is 0.481 e. The number of thiophene rings is 1. The molecule has 0 amide bonds. The van der Waals surface area contributed by atoms with Crippen molar-refractivity contribution in [2.24, 2.45) is 5.92 Å². The standard InChI is InChI=1S/C23H20N2O2S/c26-23(27)17-4-1-3-16(12-17)22-21-18(5-2-6-19(21)24-13-25-22)14-7-8-20-15(11-14)9-10-28-20/h2,5-11,13,16-17H,1,3-4,12H2,(H,26,27). The molecule has 2 heterocycles.